The second-order valence-corrected chi connectivity index (χ2v) is 10.3. The van der Waals surface area contributed by atoms with E-state index in [2.05, 4.69) is 40.3 Å². The van der Waals surface area contributed by atoms with Crippen LogP contribution in [0.15, 0.2) is 6.07 Å². The smallest absolute Gasteiger partial charge is 0.232 e. The van der Waals surface area contributed by atoms with Gasteiger partial charge in [-0.05, 0) is 70.0 Å². The Labute approximate surface area is 193 Å². The topological polar surface area (TPSA) is 56.3 Å². The van der Waals surface area contributed by atoms with E-state index in [-0.39, 0.29) is 0 Å². The molecule has 0 aromatic carbocycles. The first-order valence-electron chi connectivity index (χ1n) is 12.6. The molecule has 2 N–H and O–H groups in total. The predicted molar refractivity (Wildman–Crippen MR) is 134 cm³/mol. The van der Waals surface area contributed by atoms with Gasteiger partial charge in [0.1, 0.15) is 11.6 Å². The van der Waals surface area contributed by atoms with Crippen molar-refractivity contribution in [3.05, 3.63) is 6.07 Å². The van der Waals surface area contributed by atoms with E-state index in [1.54, 1.807) is 0 Å². The second kappa shape index (κ2) is 10.8. The van der Waals surface area contributed by atoms with Gasteiger partial charge in [0, 0.05) is 37.8 Å². The summed E-state index contributed by atoms with van der Waals surface area (Å²) in [5, 5.41) is 7.53. The zero-order valence-corrected chi connectivity index (χ0v) is 20.2. The molecule has 0 unspecified atom stereocenters. The number of thiocarbonyl (C=S) groups is 1. The van der Waals surface area contributed by atoms with Gasteiger partial charge in [-0.25, -0.2) is 0 Å². The van der Waals surface area contributed by atoms with Crippen LogP contribution in [0.3, 0.4) is 0 Å². The summed E-state index contributed by atoms with van der Waals surface area (Å²) < 4.78 is 0. The second-order valence-electron chi connectivity index (χ2n) is 9.93. The van der Waals surface area contributed by atoms with E-state index < -0.39 is 0 Å². The first-order chi connectivity index (χ1) is 15.1. The summed E-state index contributed by atoms with van der Waals surface area (Å²) in [4.78, 5) is 14.7. The van der Waals surface area contributed by atoms with Gasteiger partial charge >= 0.3 is 0 Å². The molecule has 2 saturated heterocycles. The van der Waals surface area contributed by atoms with Gasteiger partial charge in [0.2, 0.25) is 5.95 Å². The van der Waals surface area contributed by atoms with E-state index in [0.29, 0.717) is 29.1 Å². The van der Waals surface area contributed by atoms with Crippen LogP contribution in [0.2, 0.25) is 0 Å². The van der Waals surface area contributed by atoms with Gasteiger partial charge in [-0.15, -0.1) is 0 Å². The number of piperidine rings is 2. The quantitative estimate of drug-likeness (QED) is 0.495. The summed E-state index contributed by atoms with van der Waals surface area (Å²) in [6.07, 6.45) is 14.0. The molecule has 2 atom stereocenters. The zero-order chi connectivity index (χ0) is 21.6. The van der Waals surface area contributed by atoms with Crippen LogP contribution < -0.4 is 20.4 Å². The lowest BCUT2D eigenvalue weighted by Crippen LogP contribution is -2.40. The van der Waals surface area contributed by atoms with Crippen LogP contribution in [0.4, 0.5) is 17.6 Å². The molecule has 31 heavy (non-hydrogen) atoms. The normalized spacial score (nSPS) is 25.7. The highest BCUT2D eigenvalue weighted by Crippen LogP contribution is 2.29. The van der Waals surface area contributed by atoms with Crippen molar-refractivity contribution in [2.75, 3.05) is 34.8 Å². The van der Waals surface area contributed by atoms with Crippen LogP contribution in [0.5, 0.6) is 0 Å². The maximum absolute atomic E-state index is 5.67. The number of nitrogens with zero attached hydrogens (tertiary/aromatic N) is 4. The van der Waals surface area contributed by atoms with Crippen molar-refractivity contribution in [1.82, 2.24) is 15.3 Å². The Balaban J connectivity index is 1.52. The third-order valence-electron chi connectivity index (χ3n) is 7.19. The third-order valence-corrected chi connectivity index (χ3v) is 7.41. The maximum atomic E-state index is 5.67. The van der Waals surface area contributed by atoms with Crippen LogP contribution in [-0.4, -0.2) is 46.8 Å². The van der Waals surface area contributed by atoms with Crippen LogP contribution in [0, 0.1) is 5.92 Å². The number of hydrogen-bond donors (Lipinski definition) is 2. The van der Waals surface area contributed by atoms with Gasteiger partial charge < -0.3 is 20.4 Å². The Bertz CT molecular complexity index is 733. The molecular weight excluding hydrogens is 404 g/mol. The molecule has 6 nitrogen and oxygen atoms in total. The number of anilines is 3. The molecule has 172 valence electrons. The number of hydrogen-bond acceptors (Lipinski definition) is 5. The molecular formula is C24H40N6S. The van der Waals surface area contributed by atoms with E-state index in [4.69, 9.17) is 22.2 Å². The number of rotatable bonds is 4. The van der Waals surface area contributed by atoms with Gasteiger partial charge in [-0.2, -0.15) is 9.97 Å². The molecule has 2 aliphatic heterocycles. The fourth-order valence-corrected chi connectivity index (χ4v) is 5.63. The number of nitrogens with one attached hydrogen (secondary N) is 2. The van der Waals surface area contributed by atoms with E-state index >= 15 is 0 Å². The van der Waals surface area contributed by atoms with Crippen molar-refractivity contribution in [2.45, 2.75) is 96.6 Å². The van der Waals surface area contributed by atoms with E-state index in [9.17, 15) is 0 Å². The van der Waals surface area contributed by atoms with Gasteiger partial charge in [0.25, 0.3) is 0 Å². The first kappa shape index (κ1) is 22.6. The minimum atomic E-state index is 0.468. The monoisotopic (exact) mass is 444 g/mol. The highest BCUT2D eigenvalue weighted by molar-refractivity contribution is 7.80. The highest BCUT2D eigenvalue weighted by atomic mass is 32.1. The summed E-state index contributed by atoms with van der Waals surface area (Å²) in [7, 11) is 0. The molecule has 3 fully saturated rings. The van der Waals surface area contributed by atoms with Gasteiger partial charge in [0.15, 0.2) is 5.11 Å². The minimum Gasteiger partial charge on any atom is -0.360 e. The summed E-state index contributed by atoms with van der Waals surface area (Å²) in [5.74, 6) is 3.41. The fourth-order valence-electron chi connectivity index (χ4n) is 5.37. The predicted octanol–water partition coefficient (Wildman–Crippen LogP) is 5.10. The minimum absolute atomic E-state index is 0.468. The van der Waals surface area contributed by atoms with Crippen LogP contribution >= 0.6 is 12.2 Å². The summed E-state index contributed by atoms with van der Waals surface area (Å²) in [6.45, 7) is 7.86. The SMILES string of the molecule is C[C@@H]1CCCN(c2cc(N3CCCC[C@@H]3C)nc(NC(=S)NC3CCCCCC3)n2)C1. The van der Waals surface area contributed by atoms with Crippen molar-refractivity contribution >= 4 is 34.9 Å². The van der Waals surface area contributed by atoms with E-state index in [1.165, 1.54) is 70.6 Å². The molecule has 0 spiro atoms. The van der Waals surface area contributed by atoms with Gasteiger partial charge in [-0.3, -0.25) is 0 Å². The van der Waals surface area contributed by atoms with Crippen LogP contribution in [0.25, 0.3) is 0 Å². The Kier molecular flexibility index (Phi) is 7.86. The lowest BCUT2D eigenvalue weighted by molar-refractivity contribution is 0.444. The molecule has 0 radical (unpaired) electrons. The molecule has 0 bridgehead atoms. The lowest BCUT2D eigenvalue weighted by atomic mass is 10.0. The molecule has 4 rings (SSSR count). The van der Waals surface area contributed by atoms with E-state index in [0.717, 1.165) is 31.3 Å². The summed E-state index contributed by atoms with van der Waals surface area (Å²) >= 11 is 5.67. The summed E-state index contributed by atoms with van der Waals surface area (Å²) in [6, 6.07) is 3.18. The Morgan fingerprint density at radius 2 is 1.65 bits per heavy atom. The first-order valence-corrected chi connectivity index (χ1v) is 13.0. The Hall–Kier alpha value is -1.63. The fraction of sp³-hybridized carbons (Fsp3) is 0.792. The molecule has 3 heterocycles. The highest BCUT2D eigenvalue weighted by Gasteiger charge is 2.24. The average Bonchev–Trinajstić information content (AvgIpc) is 3.02. The van der Waals surface area contributed by atoms with Crippen LogP contribution in [-0.2, 0) is 0 Å². The number of aromatic nitrogens is 2. The summed E-state index contributed by atoms with van der Waals surface area (Å²) in [5.41, 5.74) is 0. The van der Waals surface area contributed by atoms with Crippen molar-refractivity contribution < 1.29 is 0 Å². The van der Waals surface area contributed by atoms with Crippen molar-refractivity contribution in [3.8, 4) is 0 Å². The average molecular weight is 445 g/mol. The van der Waals surface area contributed by atoms with Crippen molar-refractivity contribution in [2.24, 2.45) is 5.92 Å². The molecule has 7 heteroatoms. The third kappa shape index (κ3) is 6.21. The van der Waals surface area contributed by atoms with Gasteiger partial charge in [-0.1, -0.05) is 32.6 Å². The van der Waals surface area contributed by atoms with Crippen molar-refractivity contribution in [3.63, 3.8) is 0 Å². The molecule has 3 aliphatic rings. The van der Waals surface area contributed by atoms with E-state index in [1.807, 2.05) is 0 Å². The largest absolute Gasteiger partial charge is 0.360 e. The maximum Gasteiger partial charge on any atom is 0.232 e. The lowest BCUT2D eigenvalue weighted by Gasteiger charge is -2.36. The molecule has 1 saturated carbocycles. The Morgan fingerprint density at radius 1 is 0.903 bits per heavy atom. The molecule has 1 aromatic rings. The Morgan fingerprint density at radius 3 is 2.39 bits per heavy atom. The van der Waals surface area contributed by atoms with Gasteiger partial charge in [0.05, 0.1) is 0 Å². The molecule has 1 aliphatic carbocycles. The molecule has 0 amide bonds. The van der Waals surface area contributed by atoms with Crippen molar-refractivity contribution in [1.29, 1.82) is 0 Å². The zero-order valence-electron chi connectivity index (χ0n) is 19.4. The molecule has 1 aromatic heterocycles. The van der Waals surface area contributed by atoms with Crippen LogP contribution in [0.1, 0.15) is 84.5 Å². The standard InChI is InChI=1S/C24H40N6S/c1-18-10-9-14-29(17-18)21-16-22(30-15-8-7-11-19(30)2)27-23(26-21)28-24(31)25-20-12-5-3-4-6-13-20/h16,18-20H,3-15,17H2,1-2H3,(H2,25,26,27,28,31)/t18-,19+/m1/s1.